The zero-order chi connectivity index (χ0) is 10.0. The molecule has 0 atom stereocenters. The Kier molecular flexibility index (Phi) is 2.80. The number of hydrogen-bond donors (Lipinski definition) is 1. The molecule has 0 aliphatic heterocycles. The second-order valence-corrected chi connectivity index (χ2v) is 4.83. The Labute approximate surface area is 90.5 Å². The van der Waals surface area contributed by atoms with Gasteiger partial charge in [-0.25, -0.2) is 0 Å². The quantitative estimate of drug-likeness (QED) is 0.805. The lowest BCUT2D eigenvalue weighted by Crippen LogP contribution is -2.47. The predicted octanol–water partition coefficient (Wildman–Crippen LogP) is 3.37. The molecule has 1 aromatic carbocycles. The van der Waals surface area contributed by atoms with Crippen molar-refractivity contribution in [3.05, 3.63) is 34.9 Å². The molecule has 1 aromatic rings. The summed E-state index contributed by atoms with van der Waals surface area (Å²) in [7, 11) is 0. The van der Waals surface area contributed by atoms with E-state index >= 15 is 0 Å². The van der Waals surface area contributed by atoms with Crippen molar-refractivity contribution in [1.29, 1.82) is 0 Å². The molecule has 0 radical (unpaired) electrons. The maximum absolute atomic E-state index is 5.91. The van der Waals surface area contributed by atoms with Crippen molar-refractivity contribution >= 4 is 11.6 Å². The summed E-state index contributed by atoms with van der Waals surface area (Å²) in [6, 6.07) is 8.05. The Morgan fingerprint density at radius 1 is 1.43 bits per heavy atom. The Bertz CT molecular complexity index is 318. The number of halogens is 1. The van der Waals surface area contributed by atoms with Crippen LogP contribution >= 0.6 is 11.6 Å². The number of nitrogens with one attached hydrogen (secondary N) is 1. The highest BCUT2D eigenvalue weighted by Crippen LogP contribution is 2.31. The SMILES string of the molecule is CC1(NCc2cccc(Cl)c2)CCC1. The molecule has 14 heavy (non-hydrogen) atoms. The van der Waals surface area contributed by atoms with Crippen LogP contribution in [0.15, 0.2) is 24.3 Å². The van der Waals surface area contributed by atoms with E-state index in [4.69, 9.17) is 11.6 Å². The van der Waals surface area contributed by atoms with Gasteiger partial charge in [-0.3, -0.25) is 0 Å². The van der Waals surface area contributed by atoms with Crippen LogP contribution in [0, 0.1) is 0 Å². The molecule has 0 amide bonds. The van der Waals surface area contributed by atoms with E-state index in [9.17, 15) is 0 Å². The van der Waals surface area contributed by atoms with Crippen molar-refractivity contribution in [3.63, 3.8) is 0 Å². The maximum atomic E-state index is 5.91. The minimum absolute atomic E-state index is 0.377. The molecule has 0 unspecified atom stereocenters. The maximum Gasteiger partial charge on any atom is 0.0409 e. The molecule has 1 N–H and O–H groups in total. The van der Waals surface area contributed by atoms with E-state index < -0.39 is 0 Å². The van der Waals surface area contributed by atoms with Crippen molar-refractivity contribution in [2.24, 2.45) is 0 Å². The van der Waals surface area contributed by atoms with E-state index in [-0.39, 0.29) is 0 Å². The van der Waals surface area contributed by atoms with Crippen LogP contribution < -0.4 is 5.32 Å². The topological polar surface area (TPSA) is 12.0 Å². The minimum atomic E-state index is 0.377. The molecule has 0 spiro atoms. The van der Waals surface area contributed by atoms with Crippen molar-refractivity contribution < 1.29 is 0 Å². The molecule has 1 aliphatic rings. The van der Waals surface area contributed by atoms with Crippen LogP contribution in [0.2, 0.25) is 5.02 Å². The summed E-state index contributed by atoms with van der Waals surface area (Å²) in [6.45, 7) is 3.22. The standard InChI is InChI=1S/C12H16ClN/c1-12(6-3-7-12)14-9-10-4-2-5-11(13)8-10/h2,4-5,8,14H,3,6-7,9H2,1H3. The lowest BCUT2D eigenvalue weighted by atomic mass is 9.78. The molecule has 0 saturated heterocycles. The van der Waals surface area contributed by atoms with Crippen molar-refractivity contribution in [2.75, 3.05) is 0 Å². The Balaban J connectivity index is 1.91. The predicted molar refractivity (Wildman–Crippen MR) is 60.5 cm³/mol. The fraction of sp³-hybridized carbons (Fsp3) is 0.500. The molecule has 0 heterocycles. The zero-order valence-electron chi connectivity index (χ0n) is 8.52. The fourth-order valence-corrected chi connectivity index (χ4v) is 2.06. The third-order valence-electron chi connectivity index (χ3n) is 3.07. The van der Waals surface area contributed by atoms with E-state index in [1.165, 1.54) is 24.8 Å². The molecule has 76 valence electrons. The highest BCUT2D eigenvalue weighted by Gasteiger charge is 2.30. The van der Waals surface area contributed by atoms with Gasteiger partial charge in [0.25, 0.3) is 0 Å². The fourth-order valence-electron chi connectivity index (χ4n) is 1.85. The van der Waals surface area contributed by atoms with Crippen LogP contribution in [0.3, 0.4) is 0 Å². The molecule has 1 saturated carbocycles. The summed E-state index contributed by atoms with van der Waals surface area (Å²) in [5, 5.41) is 4.40. The average Bonchev–Trinajstić information content (AvgIpc) is 2.12. The first-order chi connectivity index (χ1) is 6.68. The van der Waals surface area contributed by atoms with Crippen LogP contribution in [0.1, 0.15) is 31.7 Å². The lowest BCUT2D eigenvalue weighted by molar-refractivity contribution is 0.207. The van der Waals surface area contributed by atoms with Crippen molar-refractivity contribution in [1.82, 2.24) is 5.32 Å². The molecule has 2 rings (SSSR count). The molecule has 0 bridgehead atoms. The summed E-state index contributed by atoms with van der Waals surface area (Å²) < 4.78 is 0. The van der Waals surface area contributed by atoms with Gasteiger partial charge in [0.05, 0.1) is 0 Å². The van der Waals surface area contributed by atoms with Gasteiger partial charge in [0.2, 0.25) is 0 Å². The Hall–Kier alpha value is -0.530. The smallest absolute Gasteiger partial charge is 0.0409 e. The largest absolute Gasteiger partial charge is 0.307 e. The van der Waals surface area contributed by atoms with Gasteiger partial charge in [0.1, 0.15) is 0 Å². The second kappa shape index (κ2) is 3.92. The van der Waals surface area contributed by atoms with E-state index in [0.29, 0.717) is 5.54 Å². The van der Waals surface area contributed by atoms with E-state index in [1.54, 1.807) is 0 Å². The van der Waals surface area contributed by atoms with E-state index in [0.717, 1.165) is 11.6 Å². The summed E-state index contributed by atoms with van der Waals surface area (Å²) in [5.41, 5.74) is 1.65. The van der Waals surface area contributed by atoms with Gasteiger partial charge < -0.3 is 5.32 Å². The molecule has 0 aromatic heterocycles. The van der Waals surface area contributed by atoms with Crippen molar-refractivity contribution in [2.45, 2.75) is 38.3 Å². The van der Waals surface area contributed by atoms with Crippen LogP contribution in [-0.2, 0) is 6.54 Å². The molecule has 1 aliphatic carbocycles. The molecule has 2 heteroatoms. The number of rotatable bonds is 3. The minimum Gasteiger partial charge on any atom is -0.307 e. The molecule has 1 nitrogen and oxygen atoms in total. The second-order valence-electron chi connectivity index (χ2n) is 4.40. The molecular weight excluding hydrogens is 194 g/mol. The Morgan fingerprint density at radius 3 is 2.79 bits per heavy atom. The molecular formula is C12H16ClN. The summed E-state index contributed by atoms with van der Waals surface area (Å²) in [6.07, 6.45) is 3.96. The third kappa shape index (κ3) is 2.28. The van der Waals surface area contributed by atoms with Crippen LogP contribution in [0.5, 0.6) is 0 Å². The van der Waals surface area contributed by atoms with Gasteiger partial charge in [-0.05, 0) is 43.9 Å². The van der Waals surface area contributed by atoms with Gasteiger partial charge in [0, 0.05) is 17.1 Å². The summed E-state index contributed by atoms with van der Waals surface area (Å²) >= 11 is 5.91. The highest BCUT2D eigenvalue weighted by atomic mass is 35.5. The van der Waals surface area contributed by atoms with Gasteiger partial charge >= 0.3 is 0 Å². The third-order valence-corrected chi connectivity index (χ3v) is 3.30. The monoisotopic (exact) mass is 209 g/mol. The first-order valence-corrected chi connectivity index (χ1v) is 5.55. The normalized spacial score (nSPS) is 19.0. The average molecular weight is 210 g/mol. The first kappa shape index (κ1) is 10.0. The first-order valence-electron chi connectivity index (χ1n) is 5.17. The lowest BCUT2D eigenvalue weighted by Gasteiger charge is -2.39. The van der Waals surface area contributed by atoms with E-state index in [2.05, 4.69) is 18.3 Å². The summed E-state index contributed by atoms with van der Waals surface area (Å²) in [5.74, 6) is 0. The van der Waals surface area contributed by atoms with Crippen LogP contribution in [-0.4, -0.2) is 5.54 Å². The van der Waals surface area contributed by atoms with Crippen LogP contribution in [0.4, 0.5) is 0 Å². The van der Waals surface area contributed by atoms with Gasteiger partial charge in [0.15, 0.2) is 0 Å². The van der Waals surface area contributed by atoms with Crippen LogP contribution in [0.25, 0.3) is 0 Å². The number of benzene rings is 1. The molecule has 1 fully saturated rings. The zero-order valence-corrected chi connectivity index (χ0v) is 9.27. The van der Waals surface area contributed by atoms with Gasteiger partial charge in [-0.2, -0.15) is 0 Å². The Morgan fingerprint density at radius 2 is 2.21 bits per heavy atom. The van der Waals surface area contributed by atoms with Crippen molar-refractivity contribution in [3.8, 4) is 0 Å². The van der Waals surface area contributed by atoms with Gasteiger partial charge in [-0.15, -0.1) is 0 Å². The summed E-state index contributed by atoms with van der Waals surface area (Å²) in [4.78, 5) is 0. The van der Waals surface area contributed by atoms with E-state index in [1.807, 2.05) is 18.2 Å². The highest BCUT2D eigenvalue weighted by molar-refractivity contribution is 6.30. The van der Waals surface area contributed by atoms with Gasteiger partial charge in [-0.1, -0.05) is 23.7 Å². The number of hydrogen-bond acceptors (Lipinski definition) is 1.